The Bertz CT molecular complexity index is 378. The van der Waals surface area contributed by atoms with Crippen LogP contribution in [0.3, 0.4) is 0 Å². The minimum Gasteiger partial charge on any atom is -0.481 e. The first-order valence-electron chi connectivity index (χ1n) is 5.39. The van der Waals surface area contributed by atoms with Crippen molar-refractivity contribution in [3.8, 4) is 0 Å². The van der Waals surface area contributed by atoms with Gasteiger partial charge >= 0.3 is 5.97 Å². The Hall–Kier alpha value is -1.66. The van der Waals surface area contributed by atoms with Crippen molar-refractivity contribution in [1.82, 2.24) is 20.2 Å². The number of carboxylic acids is 1. The summed E-state index contributed by atoms with van der Waals surface area (Å²) in [6, 6.07) is 0.0101. The zero-order valence-corrected chi connectivity index (χ0v) is 9.20. The van der Waals surface area contributed by atoms with E-state index in [9.17, 15) is 4.79 Å². The van der Waals surface area contributed by atoms with Crippen LogP contribution in [0.25, 0.3) is 0 Å². The summed E-state index contributed by atoms with van der Waals surface area (Å²) >= 11 is 0. The standard InChI is InChI=1S/C9H15N5O2/c1-13-9(10-11-12-13)14-5-3-2-4-7(14)6-8(15)16/h7H,2-6H2,1H3,(H,15,16). The van der Waals surface area contributed by atoms with Crippen LogP contribution in [0.2, 0.25) is 0 Å². The van der Waals surface area contributed by atoms with Crippen LogP contribution >= 0.6 is 0 Å². The zero-order valence-electron chi connectivity index (χ0n) is 9.20. The van der Waals surface area contributed by atoms with E-state index in [1.54, 1.807) is 11.7 Å². The van der Waals surface area contributed by atoms with Gasteiger partial charge in [0.25, 0.3) is 0 Å². The Balaban J connectivity index is 2.16. The molecule has 1 aliphatic heterocycles. The fourth-order valence-electron chi connectivity index (χ4n) is 2.15. The van der Waals surface area contributed by atoms with E-state index >= 15 is 0 Å². The number of hydrogen-bond acceptors (Lipinski definition) is 5. The van der Waals surface area contributed by atoms with E-state index in [1.165, 1.54) is 0 Å². The smallest absolute Gasteiger partial charge is 0.305 e. The first-order valence-corrected chi connectivity index (χ1v) is 5.39. The second-order valence-electron chi connectivity index (χ2n) is 4.04. The lowest BCUT2D eigenvalue weighted by Gasteiger charge is -2.34. The number of piperidine rings is 1. The lowest BCUT2D eigenvalue weighted by molar-refractivity contribution is -0.137. The number of carboxylic acid groups (broad SMARTS) is 1. The van der Waals surface area contributed by atoms with Gasteiger partial charge in [-0.1, -0.05) is 5.10 Å². The van der Waals surface area contributed by atoms with Crippen LogP contribution in [-0.2, 0) is 11.8 Å². The van der Waals surface area contributed by atoms with Gasteiger partial charge in [0.1, 0.15) is 0 Å². The number of tetrazole rings is 1. The van der Waals surface area contributed by atoms with E-state index in [0.29, 0.717) is 5.95 Å². The van der Waals surface area contributed by atoms with E-state index in [2.05, 4.69) is 15.5 Å². The van der Waals surface area contributed by atoms with E-state index in [1.807, 2.05) is 4.90 Å². The molecule has 1 aromatic rings. The normalized spacial score (nSPS) is 21.1. The Morgan fingerprint density at radius 3 is 3.00 bits per heavy atom. The van der Waals surface area contributed by atoms with Crippen LogP contribution in [0, 0.1) is 0 Å². The molecule has 1 atom stereocenters. The van der Waals surface area contributed by atoms with Crippen molar-refractivity contribution in [3.63, 3.8) is 0 Å². The SMILES string of the molecule is Cn1nnnc1N1CCCCC1CC(=O)O. The molecule has 1 saturated heterocycles. The molecule has 2 rings (SSSR count). The predicted molar refractivity (Wildman–Crippen MR) is 56.0 cm³/mol. The number of rotatable bonds is 3. The Morgan fingerprint density at radius 2 is 2.38 bits per heavy atom. The van der Waals surface area contributed by atoms with Gasteiger partial charge in [-0.25, -0.2) is 4.68 Å². The first-order chi connectivity index (χ1) is 7.68. The number of aryl methyl sites for hydroxylation is 1. The molecule has 1 fully saturated rings. The van der Waals surface area contributed by atoms with Gasteiger partial charge in [0.15, 0.2) is 0 Å². The van der Waals surface area contributed by atoms with Gasteiger partial charge in [-0.3, -0.25) is 4.79 Å². The fraction of sp³-hybridized carbons (Fsp3) is 0.778. The van der Waals surface area contributed by atoms with Crippen LogP contribution < -0.4 is 4.90 Å². The molecule has 0 aliphatic carbocycles. The maximum atomic E-state index is 10.8. The monoisotopic (exact) mass is 225 g/mol. The summed E-state index contributed by atoms with van der Waals surface area (Å²) < 4.78 is 1.58. The second-order valence-corrected chi connectivity index (χ2v) is 4.04. The second kappa shape index (κ2) is 4.46. The van der Waals surface area contributed by atoms with Crippen LogP contribution in [0.15, 0.2) is 0 Å². The largest absolute Gasteiger partial charge is 0.481 e. The first kappa shape index (κ1) is 10.8. The highest BCUT2D eigenvalue weighted by molar-refractivity contribution is 5.68. The Kier molecular flexibility index (Phi) is 3.02. The van der Waals surface area contributed by atoms with Gasteiger partial charge in [0.05, 0.1) is 6.42 Å². The average Bonchev–Trinajstić information content (AvgIpc) is 2.64. The van der Waals surface area contributed by atoms with Crippen LogP contribution in [-0.4, -0.2) is 43.9 Å². The molecule has 7 heteroatoms. The molecule has 0 bridgehead atoms. The molecule has 16 heavy (non-hydrogen) atoms. The third kappa shape index (κ3) is 2.12. The van der Waals surface area contributed by atoms with Crippen LogP contribution in [0.5, 0.6) is 0 Å². The lowest BCUT2D eigenvalue weighted by atomic mass is 10.00. The van der Waals surface area contributed by atoms with Gasteiger partial charge in [0.2, 0.25) is 5.95 Å². The molecule has 1 aliphatic rings. The van der Waals surface area contributed by atoms with Gasteiger partial charge in [-0.15, -0.1) is 0 Å². The van der Waals surface area contributed by atoms with Crippen LogP contribution in [0.4, 0.5) is 5.95 Å². The summed E-state index contributed by atoms with van der Waals surface area (Å²) in [4.78, 5) is 12.8. The third-order valence-corrected chi connectivity index (χ3v) is 2.89. The Morgan fingerprint density at radius 1 is 1.56 bits per heavy atom. The van der Waals surface area contributed by atoms with Crippen molar-refractivity contribution in [2.45, 2.75) is 31.7 Å². The zero-order chi connectivity index (χ0) is 11.5. The van der Waals surface area contributed by atoms with Crippen molar-refractivity contribution in [3.05, 3.63) is 0 Å². The maximum Gasteiger partial charge on any atom is 0.305 e. The molecular weight excluding hydrogens is 210 g/mol. The van der Waals surface area contributed by atoms with Crippen molar-refractivity contribution in [2.24, 2.45) is 7.05 Å². The summed E-state index contributed by atoms with van der Waals surface area (Å²) in [6.07, 6.45) is 3.16. The van der Waals surface area contributed by atoms with Crippen LogP contribution in [0.1, 0.15) is 25.7 Å². The molecule has 0 saturated carbocycles. The van der Waals surface area contributed by atoms with Crippen molar-refractivity contribution >= 4 is 11.9 Å². The summed E-state index contributed by atoms with van der Waals surface area (Å²) in [5, 5.41) is 20.2. The Labute approximate surface area is 93.0 Å². The summed E-state index contributed by atoms with van der Waals surface area (Å²) in [7, 11) is 1.77. The van der Waals surface area contributed by atoms with Gasteiger partial charge in [-0.05, 0) is 29.7 Å². The number of hydrogen-bond donors (Lipinski definition) is 1. The van der Waals surface area contributed by atoms with Gasteiger partial charge in [0, 0.05) is 19.6 Å². The number of aromatic nitrogens is 4. The van der Waals surface area contributed by atoms with E-state index < -0.39 is 5.97 Å². The number of nitrogens with zero attached hydrogens (tertiary/aromatic N) is 5. The summed E-state index contributed by atoms with van der Waals surface area (Å²) in [5.41, 5.74) is 0. The topological polar surface area (TPSA) is 84.1 Å². The van der Waals surface area contributed by atoms with E-state index in [-0.39, 0.29) is 12.5 Å². The molecule has 0 aromatic carbocycles. The highest BCUT2D eigenvalue weighted by Gasteiger charge is 2.27. The molecule has 1 aromatic heterocycles. The van der Waals surface area contributed by atoms with Crippen molar-refractivity contribution in [2.75, 3.05) is 11.4 Å². The van der Waals surface area contributed by atoms with Crippen molar-refractivity contribution in [1.29, 1.82) is 0 Å². The fourth-order valence-corrected chi connectivity index (χ4v) is 2.15. The highest BCUT2D eigenvalue weighted by atomic mass is 16.4. The molecular formula is C9H15N5O2. The van der Waals surface area contributed by atoms with E-state index in [0.717, 1.165) is 25.8 Å². The predicted octanol–water partition coefficient (Wildman–Crippen LogP) is 0.0437. The minimum absolute atomic E-state index is 0.0101. The molecule has 0 amide bonds. The summed E-state index contributed by atoms with van der Waals surface area (Å²) in [6.45, 7) is 0.826. The molecule has 7 nitrogen and oxygen atoms in total. The number of carbonyl (C=O) groups is 1. The molecule has 1 unspecified atom stereocenters. The summed E-state index contributed by atoms with van der Waals surface area (Å²) in [5.74, 6) is -0.113. The number of anilines is 1. The average molecular weight is 225 g/mol. The highest BCUT2D eigenvalue weighted by Crippen LogP contribution is 2.23. The molecule has 1 N–H and O–H groups in total. The molecule has 88 valence electrons. The number of aliphatic carboxylic acids is 1. The lowest BCUT2D eigenvalue weighted by Crippen LogP contribution is -2.42. The quantitative estimate of drug-likeness (QED) is 0.782. The third-order valence-electron chi connectivity index (χ3n) is 2.89. The maximum absolute atomic E-state index is 10.8. The van der Waals surface area contributed by atoms with Gasteiger partial charge < -0.3 is 10.0 Å². The molecule has 0 radical (unpaired) electrons. The minimum atomic E-state index is -0.771. The van der Waals surface area contributed by atoms with Gasteiger partial charge in [-0.2, -0.15) is 0 Å². The van der Waals surface area contributed by atoms with E-state index in [4.69, 9.17) is 5.11 Å². The molecule has 0 spiro atoms. The van der Waals surface area contributed by atoms with Crippen molar-refractivity contribution < 1.29 is 9.90 Å². The molecule has 2 heterocycles.